The third-order valence-electron chi connectivity index (χ3n) is 2.69. The number of ether oxygens (including phenoxy) is 1. The van der Waals surface area contributed by atoms with Crippen molar-refractivity contribution in [2.24, 2.45) is 0 Å². The van der Waals surface area contributed by atoms with Gasteiger partial charge in [-0.15, -0.1) is 0 Å². The van der Waals surface area contributed by atoms with Crippen LogP contribution in [-0.4, -0.2) is 13.0 Å². The maximum absolute atomic E-state index is 11.3. The average molecular weight is 246 g/mol. The van der Waals surface area contributed by atoms with Gasteiger partial charge in [-0.3, -0.25) is 4.79 Å². The number of nitrogens with zero attached hydrogens (tertiary/aromatic N) is 1. The molecule has 1 amide bonds. The molecule has 0 spiro atoms. The first-order valence-corrected chi connectivity index (χ1v) is 5.89. The molecule has 0 aliphatic heterocycles. The molecule has 4 heteroatoms. The number of amides is 1. The van der Waals surface area contributed by atoms with Gasteiger partial charge in [-0.1, -0.05) is 26.0 Å². The van der Waals surface area contributed by atoms with Crippen molar-refractivity contribution in [2.75, 3.05) is 7.11 Å². The Labute approximate surface area is 108 Å². The topological polar surface area (TPSA) is 62.1 Å². The standard InChI is InChI=1S/C14H18N2O2/c1-10(2)11-4-5-13(18-3)12(8-11)9-16-14(17)6-7-15/h4-5,8,10H,6,9H2,1-3H3,(H,16,17). The van der Waals surface area contributed by atoms with Crippen molar-refractivity contribution in [3.63, 3.8) is 0 Å². The van der Waals surface area contributed by atoms with Crippen LogP contribution in [0.5, 0.6) is 5.75 Å². The zero-order valence-corrected chi connectivity index (χ0v) is 11.0. The van der Waals surface area contributed by atoms with Crippen molar-refractivity contribution in [3.05, 3.63) is 29.3 Å². The van der Waals surface area contributed by atoms with Crippen LogP contribution in [0.25, 0.3) is 0 Å². The fourth-order valence-electron chi connectivity index (χ4n) is 1.62. The highest BCUT2D eigenvalue weighted by molar-refractivity contribution is 5.78. The number of nitriles is 1. The zero-order valence-electron chi connectivity index (χ0n) is 11.0. The molecule has 4 nitrogen and oxygen atoms in total. The van der Waals surface area contributed by atoms with Gasteiger partial charge in [0.2, 0.25) is 5.91 Å². The van der Waals surface area contributed by atoms with Crippen molar-refractivity contribution in [3.8, 4) is 11.8 Å². The number of carbonyl (C=O) groups excluding carboxylic acids is 1. The Morgan fingerprint density at radius 3 is 2.78 bits per heavy atom. The summed E-state index contributed by atoms with van der Waals surface area (Å²) in [6.45, 7) is 4.60. The fraction of sp³-hybridized carbons (Fsp3) is 0.429. The lowest BCUT2D eigenvalue weighted by atomic mass is 10.00. The van der Waals surface area contributed by atoms with Crippen molar-refractivity contribution in [2.45, 2.75) is 32.7 Å². The number of methoxy groups -OCH3 is 1. The SMILES string of the molecule is COc1ccc(C(C)C)cc1CNC(=O)CC#N. The summed E-state index contributed by atoms with van der Waals surface area (Å²) < 4.78 is 5.26. The van der Waals surface area contributed by atoms with E-state index >= 15 is 0 Å². The van der Waals surface area contributed by atoms with E-state index in [0.717, 1.165) is 11.3 Å². The third-order valence-corrected chi connectivity index (χ3v) is 2.69. The minimum absolute atomic E-state index is 0.119. The molecule has 1 N–H and O–H groups in total. The number of carbonyl (C=O) groups is 1. The van der Waals surface area contributed by atoms with E-state index < -0.39 is 0 Å². The largest absolute Gasteiger partial charge is 0.496 e. The van der Waals surface area contributed by atoms with Gasteiger partial charge in [0, 0.05) is 12.1 Å². The first kappa shape index (κ1) is 14.0. The van der Waals surface area contributed by atoms with Gasteiger partial charge in [-0.25, -0.2) is 0 Å². The lowest BCUT2D eigenvalue weighted by Crippen LogP contribution is -2.22. The van der Waals surface area contributed by atoms with Gasteiger partial charge in [0.05, 0.1) is 13.2 Å². The normalized spacial score (nSPS) is 9.94. The van der Waals surface area contributed by atoms with E-state index in [4.69, 9.17) is 10.00 Å². The highest BCUT2D eigenvalue weighted by Gasteiger charge is 2.08. The Bertz CT molecular complexity index is 461. The van der Waals surface area contributed by atoms with Crippen LogP contribution in [0, 0.1) is 11.3 Å². The molecule has 0 unspecified atom stereocenters. The van der Waals surface area contributed by atoms with Gasteiger partial charge in [0.1, 0.15) is 12.2 Å². The zero-order chi connectivity index (χ0) is 13.5. The molecule has 0 bridgehead atoms. The molecular formula is C14H18N2O2. The first-order valence-electron chi connectivity index (χ1n) is 5.89. The van der Waals surface area contributed by atoms with Crippen LogP contribution in [0.15, 0.2) is 18.2 Å². The monoisotopic (exact) mass is 246 g/mol. The van der Waals surface area contributed by atoms with Crippen LogP contribution < -0.4 is 10.1 Å². The predicted molar refractivity (Wildman–Crippen MR) is 69.2 cm³/mol. The number of hydrogen-bond donors (Lipinski definition) is 1. The van der Waals surface area contributed by atoms with Gasteiger partial charge >= 0.3 is 0 Å². The number of nitrogens with one attached hydrogen (secondary N) is 1. The van der Waals surface area contributed by atoms with Gasteiger partial charge in [-0.2, -0.15) is 5.26 Å². The second-order valence-corrected chi connectivity index (χ2v) is 4.34. The van der Waals surface area contributed by atoms with Crippen LogP contribution in [0.4, 0.5) is 0 Å². The minimum atomic E-state index is -0.269. The summed E-state index contributed by atoms with van der Waals surface area (Å²) in [4.78, 5) is 11.3. The first-order chi connectivity index (χ1) is 8.58. The minimum Gasteiger partial charge on any atom is -0.496 e. The lowest BCUT2D eigenvalue weighted by Gasteiger charge is -2.13. The summed E-state index contributed by atoms with van der Waals surface area (Å²) in [5.41, 5.74) is 2.12. The molecule has 0 aliphatic rings. The molecule has 1 aromatic rings. The van der Waals surface area contributed by atoms with Gasteiger partial charge < -0.3 is 10.1 Å². The number of benzene rings is 1. The third kappa shape index (κ3) is 3.77. The Balaban J connectivity index is 2.82. The predicted octanol–water partition coefficient (Wildman–Crippen LogP) is 2.35. The van der Waals surface area contributed by atoms with Crippen LogP contribution in [-0.2, 0) is 11.3 Å². The molecule has 0 atom stereocenters. The fourth-order valence-corrected chi connectivity index (χ4v) is 1.62. The Kier molecular flexibility index (Phi) is 5.19. The molecule has 96 valence electrons. The Morgan fingerprint density at radius 2 is 2.22 bits per heavy atom. The maximum atomic E-state index is 11.3. The molecule has 0 aromatic heterocycles. The van der Waals surface area contributed by atoms with E-state index in [1.54, 1.807) is 7.11 Å². The second-order valence-electron chi connectivity index (χ2n) is 4.34. The van der Waals surface area contributed by atoms with Crippen LogP contribution >= 0.6 is 0 Å². The lowest BCUT2D eigenvalue weighted by molar-refractivity contribution is -0.120. The van der Waals surface area contributed by atoms with E-state index in [-0.39, 0.29) is 12.3 Å². The highest BCUT2D eigenvalue weighted by atomic mass is 16.5. The maximum Gasteiger partial charge on any atom is 0.234 e. The quantitative estimate of drug-likeness (QED) is 0.867. The van der Waals surface area contributed by atoms with E-state index in [2.05, 4.69) is 19.2 Å². The molecule has 0 saturated carbocycles. The molecule has 0 radical (unpaired) electrons. The Hall–Kier alpha value is -2.02. The van der Waals surface area contributed by atoms with E-state index in [0.29, 0.717) is 12.5 Å². The average Bonchev–Trinajstić information content (AvgIpc) is 2.36. The smallest absolute Gasteiger partial charge is 0.234 e. The molecule has 0 heterocycles. The molecule has 0 fully saturated rings. The molecule has 1 aromatic carbocycles. The number of rotatable bonds is 5. The van der Waals surface area contributed by atoms with E-state index in [9.17, 15) is 4.79 Å². The van der Waals surface area contributed by atoms with Crippen molar-refractivity contribution < 1.29 is 9.53 Å². The van der Waals surface area contributed by atoms with Gasteiger partial charge in [-0.05, 0) is 17.5 Å². The summed E-state index contributed by atoms with van der Waals surface area (Å²) in [7, 11) is 1.60. The van der Waals surface area contributed by atoms with Crippen molar-refractivity contribution in [1.82, 2.24) is 5.32 Å². The second kappa shape index (κ2) is 6.65. The van der Waals surface area contributed by atoms with Gasteiger partial charge in [0.25, 0.3) is 0 Å². The molecule has 1 rings (SSSR count). The molecular weight excluding hydrogens is 228 g/mol. The van der Waals surface area contributed by atoms with Crippen molar-refractivity contribution in [1.29, 1.82) is 5.26 Å². The van der Waals surface area contributed by atoms with Crippen LogP contribution in [0.3, 0.4) is 0 Å². The summed E-state index contributed by atoms with van der Waals surface area (Å²) in [6.07, 6.45) is -0.119. The number of hydrogen-bond acceptors (Lipinski definition) is 3. The Morgan fingerprint density at radius 1 is 1.50 bits per heavy atom. The summed E-state index contributed by atoms with van der Waals surface area (Å²) in [5.74, 6) is 0.899. The molecule has 0 aliphatic carbocycles. The van der Waals surface area contributed by atoms with E-state index in [1.165, 1.54) is 5.56 Å². The van der Waals surface area contributed by atoms with E-state index in [1.807, 2.05) is 24.3 Å². The van der Waals surface area contributed by atoms with Crippen molar-refractivity contribution >= 4 is 5.91 Å². The molecule has 18 heavy (non-hydrogen) atoms. The summed E-state index contributed by atoms with van der Waals surface area (Å²) in [6, 6.07) is 7.76. The highest BCUT2D eigenvalue weighted by Crippen LogP contribution is 2.23. The summed E-state index contributed by atoms with van der Waals surface area (Å²) >= 11 is 0. The molecule has 0 saturated heterocycles. The summed E-state index contributed by atoms with van der Waals surface area (Å²) in [5, 5.41) is 11.1. The van der Waals surface area contributed by atoms with Gasteiger partial charge in [0.15, 0.2) is 0 Å². The van der Waals surface area contributed by atoms with Crippen LogP contribution in [0.2, 0.25) is 0 Å². The van der Waals surface area contributed by atoms with Crippen LogP contribution in [0.1, 0.15) is 37.3 Å².